The molecule has 1 saturated heterocycles. The van der Waals surface area contributed by atoms with Crippen LogP contribution in [0.2, 0.25) is 0 Å². The second-order valence-electron chi connectivity index (χ2n) is 10.7. The average Bonchev–Trinajstić information content (AvgIpc) is 3.58. The van der Waals surface area contributed by atoms with E-state index in [-0.39, 0.29) is 0 Å². The van der Waals surface area contributed by atoms with Gasteiger partial charge >= 0.3 is 0 Å². The maximum atomic E-state index is 11.2. The van der Waals surface area contributed by atoms with Crippen LogP contribution in [0.5, 0.6) is 11.5 Å². The molecule has 4 N–H and O–H groups in total. The summed E-state index contributed by atoms with van der Waals surface area (Å²) in [4.78, 5) is 9.91. The lowest BCUT2D eigenvalue weighted by Crippen LogP contribution is -2.42. The molecule has 2 aromatic heterocycles. The number of hydrogen-bond donors (Lipinski definition) is 4. The molecule has 9 nitrogen and oxygen atoms in total. The van der Waals surface area contributed by atoms with Crippen molar-refractivity contribution in [2.45, 2.75) is 36.4 Å². The summed E-state index contributed by atoms with van der Waals surface area (Å²) in [5.41, 5.74) is 0.930. The molecule has 4 atom stereocenters. The number of nitrogens with zero attached hydrogens (tertiary/aromatic N) is 2. The van der Waals surface area contributed by atoms with E-state index in [9.17, 15) is 15.3 Å². The van der Waals surface area contributed by atoms with Crippen LogP contribution in [0.25, 0.3) is 10.9 Å². The van der Waals surface area contributed by atoms with Crippen LogP contribution in [0.4, 0.5) is 5.82 Å². The van der Waals surface area contributed by atoms with Gasteiger partial charge in [0.15, 0.2) is 0 Å². The standard InChI is InChI=1S/C33H33N3O6S/c1-32(39)29(38)26(17-37)42-30(32)28-27-25(18-43-28)31(35-19-34-27)36-33(20-7-5-4-6-8-20,21-9-13-23(40-2)14-10-21)22-11-15-24(41-3)16-12-22/h4-16,18-19,26,29-30,37-39H,17H2,1-3H3,(H,34,35,36)/t26-,29-,30+,32-/m1/s1. The normalized spacial score (nSPS) is 22.0. The van der Waals surface area contributed by atoms with Gasteiger partial charge in [-0.3, -0.25) is 0 Å². The summed E-state index contributed by atoms with van der Waals surface area (Å²) in [6, 6.07) is 25.9. The molecule has 6 rings (SSSR count). The minimum absolute atomic E-state index is 0.414. The van der Waals surface area contributed by atoms with Gasteiger partial charge in [0.25, 0.3) is 0 Å². The number of nitrogens with one attached hydrogen (secondary N) is 1. The van der Waals surface area contributed by atoms with E-state index >= 15 is 0 Å². The highest BCUT2D eigenvalue weighted by atomic mass is 32.1. The molecule has 0 spiro atoms. The van der Waals surface area contributed by atoms with Crippen molar-refractivity contribution in [2.75, 3.05) is 26.1 Å². The summed E-state index contributed by atoms with van der Waals surface area (Å²) in [6.07, 6.45) is -1.57. The van der Waals surface area contributed by atoms with Gasteiger partial charge in [0.1, 0.15) is 53.1 Å². The van der Waals surface area contributed by atoms with E-state index in [0.717, 1.165) is 33.6 Å². The van der Waals surface area contributed by atoms with Gasteiger partial charge in [-0.2, -0.15) is 0 Å². The lowest BCUT2D eigenvalue weighted by atomic mass is 9.77. The van der Waals surface area contributed by atoms with Crippen LogP contribution in [-0.2, 0) is 10.3 Å². The summed E-state index contributed by atoms with van der Waals surface area (Å²) in [6.45, 7) is 1.10. The Labute approximate surface area is 253 Å². The molecule has 3 aromatic carbocycles. The molecule has 0 unspecified atom stereocenters. The van der Waals surface area contributed by atoms with Crippen molar-refractivity contribution in [1.82, 2.24) is 9.97 Å². The van der Waals surface area contributed by atoms with Crippen LogP contribution in [0, 0.1) is 0 Å². The molecular formula is C33H33N3O6S. The third kappa shape index (κ3) is 4.91. The fraction of sp³-hybridized carbons (Fsp3) is 0.273. The highest BCUT2D eigenvalue weighted by Gasteiger charge is 2.53. The lowest BCUT2D eigenvalue weighted by Gasteiger charge is -2.37. The summed E-state index contributed by atoms with van der Waals surface area (Å²) in [7, 11) is 3.28. The Morgan fingerprint density at radius 2 is 1.49 bits per heavy atom. The van der Waals surface area contributed by atoms with E-state index in [2.05, 4.69) is 22.4 Å². The molecular weight excluding hydrogens is 566 g/mol. The number of ether oxygens (including phenoxy) is 3. The zero-order valence-corrected chi connectivity index (χ0v) is 24.8. The number of fused-ring (bicyclic) bond motifs is 1. The Kier molecular flexibility index (Phi) is 7.80. The van der Waals surface area contributed by atoms with E-state index in [4.69, 9.17) is 19.2 Å². The molecule has 0 aliphatic carbocycles. The molecule has 5 aromatic rings. The van der Waals surface area contributed by atoms with Crippen LogP contribution in [0.1, 0.15) is 34.6 Å². The van der Waals surface area contributed by atoms with E-state index in [0.29, 0.717) is 16.2 Å². The topological polar surface area (TPSA) is 126 Å². The largest absolute Gasteiger partial charge is 0.497 e. The third-order valence-electron chi connectivity index (χ3n) is 8.19. The third-order valence-corrected chi connectivity index (χ3v) is 9.21. The van der Waals surface area contributed by atoms with Crippen LogP contribution >= 0.6 is 11.3 Å². The van der Waals surface area contributed by atoms with Crippen LogP contribution in [-0.4, -0.2) is 63.9 Å². The smallest absolute Gasteiger partial charge is 0.139 e. The highest BCUT2D eigenvalue weighted by molar-refractivity contribution is 7.11. The van der Waals surface area contributed by atoms with Gasteiger partial charge in [-0.05, 0) is 47.9 Å². The Balaban J connectivity index is 1.54. The van der Waals surface area contributed by atoms with Gasteiger partial charge in [-0.25, -0.2) is 9.97 Å². The van der Waals surface area contributed by atoms with E-state index in [1.54, 1.807) is 14.2 Å². The molecule has 0 amide bonds. The van der Waals surface area contributed by atoms with Crippen LogP contribution in [0.15, 0.2) is 90.6 Å². The summed E-state index contributed by atoms with van der Waals surface area (Å²) in [5, 5.41) is 38.0. The molecule has 0 radical (unpaired) electrons. The first-order valence-electron chi connectivity index (χ1n) is 13.8. The number of aliphatic hydroxyl groups is 3. The number of anilines is 1. The number of aliphatic hydroxyl groups excluding tert-OH is 2. The zero-order valence-electron chi connectivity index (χ0n) is 24.0. The molecule has 0 bridgehead atoms. The number of benzene rings is 3. The molecule has 3 heterocycles. The quantitative estimate of drug-likeness (QED) is 0.179. The van der Waals surface area contributed by atoms with E-state index in [1.165, 1.54) is 24.6 Å². The molecule has 1 aliphatic rings. The minimum atomic E-state index is -1.62. The van der Waals surface area contributed by atoms with Gasteiger partial charge < -0.3 is 34.8 Å². The summed E-state index contributed by atoms with van der Waals surface area (Å²) in [5.74, 6) is 2.04. The fourth-order valence-corrected chi connectivity index (χ4v) is 6.98. The number of methoxy groups -OCH3 is 2. The SMILES string of the molecule is COc1ccc(C(Nc2ncnc3c([C@@H]4O[C@H](CO)[C@@H](O)[C@@]4(C)O)scc23)(c2ccccc2)c2ccc(OC)cc2)cc1. The predicted molar refractivity (Wildman–Crippen MR) is 165 cm³/mol. The van der Waals surface area contributed by atoms with Crippen molar-refractivity contribution < 1.29 is 29.5 Å². The Morgan fingerprint density at radius 3 is 2.02 bits per heavy atom. The molecule has 43 heavy (non-hydrogen) atoms. The number of rotatable bonds is 9. The van der Waals surface area contributed by atoms with Crippen molar-refractivity contribution in [1.29, 1.82) is 0 Å². The monoisotopic (exact) mass is 599 g/mol. The first-order chi connectivity index (χ1) is 20.8. The van der Waals surface area contributed by atoms with Crippen molar-refractivity contribution in [3.63, 3.8) is 0 Å². The zero-order chi connectivity index (χ0) is 30.2. The van der Waals surface area contributed by atoms with E-state index in [1.807, 2.05) is 72.1 Å². The summed E-state index contributed by atoms with van der Waals surface area (Å²) >= 11 is 1.36. The molecule has 1 fully saturated rings. The Bertz CT molecular complexity index is 1640. The Hall–Kier alpha value is -4.06. The first kappa shape index (κ1) is 29.0. The average molecular weight is 600 g/mol. The molecule has 222 valence electrons. The van der Waals surface area contributed by atoms with Crippen LogP contribution in [0.3, 0.4) is 0 Å². The first-order valence-corrected chi connectivity index (χ1v) is 14.7. The lowest BCUT2D eigenvalue weighted by molar-refractivity contribution is -0.0630. The minimum Gasteiger partial charge on any atom is -0.497 e. The fourth-order valence-electron chi connectivity index (χ4n) is 5.82. The maximum Gasteiger partial charge on any atom is 0.139 e. The summed E-state index contributed by atoms with van der Waals surface area (Å²) < 4.78 is 16.9. The second kappa shape index (κ2) is 11.6. The Morgan fingerprint density at radius 1 is 0.907 bits per heavy atom. The van der Waals surface area contributed by atoms with Gasteiger partial charge in [0.05, 0.1) is 36.6 Å². The number of thiophene rings is 1. The molecule has 10 heteroatoms. The number of hydrogen-bond acceptors (Lipinski definition) is 10. The van der Waals surface area contributed by atoms with E-state index < -0.39 is 36.1 Å². The van der Waals surface area contributed by atoms with Gasteiger partial charge in [0, 0.05) is 5.38 Å². The highest BCUT2D eigenvalue weighted by Crippen LogP contribution is 2.47. The van der Waals surface area contributed by atoms with Gasteiger partial charge in [-0.15, -0.1) is 11.3 Å². The van der Waals surface area contributed by atoms with Crippen LogP contribution < -0.4 is 14.8 Å². The van der Waals surface area contributed by atoms with Crippen molar-refractivity contribution in [3.05, 3.63) is 112 Å². The van der Waals surface area contributed by atoms with Crippen molar-refractivity contribution in [2.24, 2.45) is 0 Å². The molecule has 0 saturated carbocycles. The van der Waals surface area contributed by atoms with Gasteiger partial charge in [0.2, 0.25) is 0 Å². The van der Waals surface area contributed by atoms with Gasteiger partial charge in [-0.1, -0.05) is 54.6 Å². The predicted octanol–water partition coefficient (Wildman–Crippen LogP) is 4.66. The number of aromatic nitrogens is 2. The van der Waals surface area contributed by atoms with Crippen molar-refractivity contribution >= 4 is 28.1 Å². The molecule has 1 aliphatic heterocycles. The maximum absolute atomic E-state index is 11.2. The van der Waals surface area contributed by atoms with Crippen molar-refractivity contribution in [3.8, 4) is 11.5 Å². The second-order valence-corrected chi connectivity index (χ2v) is 11.6.